The van der Waals surface area contributed by atoms with Gasteiger partial charge in [-0.3, -0.25) is 14.6 Å². The van der Waals surface area contributed by atoms with Crippen molar-refractivity contribution in [2.75, 3.05) is 29.0 Å². The number of fused-ring (bicyclic) bond motifs is 1. The topological polar surface area (TPSA) is 153 Å². The molecule has 0 unspecified atom stereocenters. The van der Waals surface area contributed by atoms with Gasteiger partial charge in [0.1, 0.15) is 15.5 Å². The van der Waals surface area contributed by atoms with Gasteiger partial charge in [-0.05, 0) is 31.0 Å². The highest BCUT2D eigenvalue weighted by molar-refractivity contribution is 7.21. The van der Waals surface area contributed by atoms with Gasteiger partial charge in [-0.2, -0.15) is 0 Å². The van der Waals surface area contributed by atoms with Gasteiger partial charge in [0.2, 0.25) is 0 Å². The molecule has 0 aromatic carbocycles. The lowest BCUT2D eigenvalue weighted by Crippen LogP contribution is -2.40. The normalized spacial score (nSPS) is 14.9. The SMILES string of the molecule is NC(=O)c1sc2nc(N3CCC(N)CC3)cc(C(=O)Nc3ccncc3)c2c1N. The van der Waals surface area contributed by atoms with Crippen molar-refractivity contribution >= 4 is 50.6 Å². The van der Waals surface area contributed by atoms with Gasteiger partial charge in [0.05, 0.1) is 11.3 Å². The zero-order valence-corrected chi connectivity index (χ0v) is 16.4. The molecule has 9 nitrogen and oxygen atoms in total. The predicted molar refractivity (Wildman–Crippen MR) is 114 cm³/mol. The van der Waals surface area contributed by atoms with Gasteiger partial charge >= 0.3 is 0 Å². The van der Waals surface area contributed by atoms with Crippen molar-refractivity contribution in [2.45, 2.75) is 18.9 Å². The van der Waals surface area contributed by atoms with E-state index in [-0.39, 0.29) is 22.5 Å². The summed E-state index contributed by atoms with van der Waals surface area (Å²) < 4.78 is 0. The Kier molecular flexibility index (Phi) is 5.03. The molecule has 4 heterocycles. The van der Waals surface area contributed by atoms with Gasteiger partial charge in [0.15, 0.2) is 0 Å². The lowest BCUT2D eigenvalue weighted by Gasteiger charge is -2.31. The van der Waals surface area contributed by atoms with Crippen LogP contribution in [0.2, 0.25) is 0 Å². The van der Waals surface area contributed by atoms with E-state index in [1.165, 1.54) is 0 Å². The van der Waals surface area contributed by atoms with Crippen LogP contribution in [0.15, 0.2) is 30.6 Å². The molecule has 1 fully saturated rings. The van der Waals surface area contributed by atoms with Crippen LogP contribution >= 0.6 is 11.3 Å². The molecule has 3 aromatic heterocycles. The highest BCUT2D eigenvalue weighted by atomic mass is 32.1. The zero-order valence-electron chi connectivity index (χ0n) is 15.6. The van der Waals surface area contributed by atoms with Crippen LogP contribution in [-0.4, -0.2) is 40.9 Å². The third kappa shape index (κ3) is 3.71. The van der Waals surface area contributed by atoms with Crippen LogP contribution in [0.1, 0.15) is 32.9 Å². The maximum Gasteiger partial charge on any atom is 0.260 e. The van der Waals surface area contributed by atoms with E-state index in [0.29, 0.717) is 27.3 Å². The number of nitrogens with zero attached hydrogens (tertiary/aromatic N) is 3. The smallest absolute Gasteiger partial charge is 0.260 e. The van der Waals surface area contributed by atoms with E-state index < -0.39 is 5.91 Å². The van der Waals surface area contributed by atoms with Gasteiger partial charge in [0.25, 0.3) is 11.8 Å². The van der Waals surface area contributed by atoms with Crippen molar-refractivity contribution in [3.63, 3.8) is 0 Å². The molecular formula is C19H21N7O2S. The fourth-order valence-electron chi connectivity index (χ4n) is 3.39. The van der Waals surface area contributed by atoms with Gasteiger partial charge < -0.3 is 27.4 Å². The molecule has 0 atom stereocenters. The Morgan fingerprint density at radius 3 is 2.55 bits per heavy atom. The molecule has 7 N–H and O–H groups in total. The number of hydrogen-bond donors (Lipinski definition) is 4. The van der Waals surface area contributed by atoms with Crippen LogP contribution in [0.25, 0.3) is 10.2 Å². The first-order valence-corrected chi connectivity index (χ1v) is 10.0. The summed E-state index contributed by atoms with van der Waals surface area (Å²) in [6, 6.07) is 5.26. The molecule has 150 valence electrons. The van der Waals surface area contributed by atoms with Crippen LogP contribution in [0, 0.1) is 0 Å². The minimum absolute atomic E-state index is 0.170. The Morgan fingerprint density at radius 1 is 1.21 bits per heavy atom. The Hall–Kier alpha value is -3.24. The molecule has 0 saturated carbocycles. The van der Waals surface area contributed by atoms with E-state index in [0.717, 1.165) is 37.3 Å². The molecule has 2 amide bonds. The first kappa shape index (κ1) is 19.1. The summed E-state index contributed by atoms with van der Waals surface area (Å²) in [5.41, 5.74) is 18.8. The summed E-state index contributed by atoms with van der Waals surface area (Å²) in [5, 5.41) is 3.28. The van der Waals surface area contributed by atoms with E-state index in [1.807, 2.05) is 0 Å². The Balaban J connectivity index is 1.81. The van der Waals surface area contributed by atoms with Crippen LogP contribution in [0.4, 0.5) is 17.2 Å². The third-order valence-corrected chi connectivity index (χ3v) is 6.07. The predicted octanol–water partition coefficient (Wildman–Crippen LogP) is 1.55. The lowest BCUT2D eigenvalue weighted by atomic mass is 10.1. The number of anilines is 3. The second-order valence-corrected chi connectivity index (χ2v) is 7.93. The summed E-state index contributed by atoms with van der Waals surface area (Å²) in [6.45, 7) is 1.49. The van der Waals surface area contributed by atoms with Crippen LogP contribution in [0.5, 0.6) is 0 Å². The van der Waals surface area contributed by atoms with Crippen LogP contribution in [-0.2, 0) is 0 Å². The summed E-state index contributed by atoms with van der Waals surface area (Å²) in [4.78, 5) is 36.3. The number of hydrogen-bond acceptors (Lipinski definition) is 8. The van der Waals surface area contributed by atoms with E-state index in [4.69, 9.17) is 17.2 Å². The van der Waals surface area contributed by atoms with Crippen molar-refractivity contribution in [2.24, 2.45) is 11.5 Å². The number of primary amides is 1. The molecule has 3 aromatic rings. The maximum atomic E-state index is 13.1. The Labute approximate surface area is 170 Å². The molecule has 1 aliphatic rings. The van der Waals surface area contributed by atoms with Gasteiger partial charge in [-0.1, -0.05) is 0 Å². The van der Waals surface area contributed by atoms with Crippen molar-refractivity contribution in [3.8, 4) is 0 Å². The molecule has 1 saturated heterocycles. The number of piperidine rings is 1. The highest BCUT2D eigenvalue weighted by Gasteiger charge is 2.25. The molecule has 1 aliphatic heterocycles. The Bertz CT molecular complexity index is 1080. The first-order chi connectivity index (χ1) is 13.9. The zero-order chi connectivity index (χ0) is 20.5. The quantitative estimate of drug-likeness (QED) is 0.508. The summed E-state index contributed by atoms with van der Waals surface area (Å²) >= 11 is 1.10. The summed E-state index contributed by atoms with van der Waals surface area (Å²) in [5.74, 6) is -0.336. The van der Waals surface area contributed by atoms with Crippen molar-refractivity contribution in [1.29, 1.82) is 0 Å². The number of aromatic nitrogens is 2. The van der Waals surface area contributed by atoms with Gasteiger partial charge in [-0.15, -0.1) is 11.3 Å². The first-order valence-electron chi connectivity index (χ1n) is 9.18. The largest absolute Gasteiger partial charge is 0.397 e. The fourth-order valence-corrected chi connectivity index (χ4v) is 4.36. The highest BCUT2D eigenvalue weighted by Crippen LogP contribution is 2.37. The number of thiophene rings is 1. The molecule has 0 spiro atoms. The molecule has 0 aliphatic carbocycles. The molecular weight excluding hydrogens is 390 g/mol. The van der Waals surface area contributed by atoms with E-state index in [9.17, 15) is 9.59 Å². The number of nitrogen functional groups attached to an aromatic ring is 1. The average molecular weight is 411 g/mol. The van der Waals surface area contributed by atoms with E-state index in [2.05, 4.69) is 20.2 Å². The Morgan fingerprint density at radius 2 is 1.90 bits per heavy atom. The summed E-state index contributed by atoms with van der Waals surface area (Å²) in [7, 11) is 0. The molecule has 29 heavy (non-hydrogen) atoms. The third-order valence-electron chi connectivity index (χ3n) is 4.96. The second kappa shape index (κ2) is 7.64. The van der Waals surface area contributed by atoms with Crippen LogP contribution in [0.3, 0.4) is 0 Å². The molecule has 0 radical (unpaired) electrons. The number of nitrogens with one attached hydrogen (secondary N) is 1. The van der Waals surface area contributed by atoms with E-state index in [1.54, 1.807) is 30.6 Å². The minimum Gasteiger partial charge on any atom is -0.397 e. The maximum absolute atomic E-state index is 13.1. The standard InChI is InChI=1S/C19H21N7O2S/c20-10-3-7-26(8-4-10)13-9-12(18(28)24-11-1-5-23-6-2-11)14-15(21)16(17(22)27)29-19(14)25-13/h1-2,5-6,9-10H,3-4,7-8,20-21H2,(H2,22,27)(H,23,24,28). The fraction of sp³-hybridized carbons (Fsp3) is 0.263. The molecule has 4 rings (SSSR count). The number of amides is 2. The minimum atomic E-state index is -0.642. The number of carbonyl (C=O) groups excluding carboxylic acids is 2. The second-order valence-electron chi connectivity index (χ2n) is 6.93. The average Bonchev–Trinajstić information content (AvgIpc) is 3.05. The number of rotatable bonds is 4. The van der Waals surface area contributed by atoms with E-state index >= 15 is 0 Å². The van der Waals surface area contributed by atoms with Gasteiger partial charge in [-0.25, -0.2) is 4.98 Å². The number of nitrogens with two attached hydrogens (primary N) is 3. The van der Waals surface area contributed by atoms with Gasteiger partial charge in [0, 0.05) is 42.6 Å². The molecule has 0 bridgehead atoms. The number of carbonyl (C=O) groups is 2. The van der Waals surface area contributed by atoms with Crippen molar-refractivity contribution in [1.82, 2.24) is 9.97 Å². The monoisotopic (exact) mass is 411 g/mol. The van der Waals surface area contributed by atoms with Crippen LogP contribution < -0.4 is 27.4 Å². The molecule has 10 heteroatoms. The van der Waals surface area contributed by atoms with Crippen molar-refractivity contribution in [3.05, 3.63) is 41.0 Å². The van der Waals surface area contributed by atoms with Crippen molar-refractivity contribution < 1.29 is 9.59 Å². The summed E-state index contributed by atoms with van der Waals surface area (Å²) in [6.07, 6.45) is 4.86. The number of pyridine rings is 2. The lowest BCUT2D eigenvalue weighted by molar-refractivity contribution is 0.100.